The molecule has 0 radical (unpaired) electrons. The molecule has 114 valence electrons. The van der Waals surface area contributed by atoms with Crippen molar-refractivity contribution in [2.45, 2.75) is 32.0 Å². The van der Waals surface area contributed by atoms with Crippen LogP contribution in [0.2, 0.25) is 0 Å². The average molecular weight is 297 g/mol. The van der Waals surface area contributed by atoms with Crippen molar-refractivity contribution < 1.29 is 13.2 Å². The minimum Gasteiger partial charge on any atom is -0.322 e. The smallest absolute Gasteiger partial charge is 0.322 e. The number of aromatic nitrogens is 2. The first-order valence-corrected chi connectivity index (χ1v) is 6.75. The van der Waals surface area contributed by atoms with Gasteiger partial charge in [-0.15, -0.1) is 0 Å². The molecular formula is C15H18F3N3. The number of halogens is 3. The molecule has 3 nitrogen and oxygen atoms in total. The molecule has 0 fully saturated rings. The summed E-state index contributed by atoms with van der Waals surface area (Å²) in [6.45, 7) is 2.01. The largest absolute Gasteiger partial charge is 0.416 e. The minimum absolute atomic E-state index is 0.292. The molecule has 0 amide bonds. The molecule has 0 spiro atoms. The van der Waals surface area contributed by atoms with Crippen LogP contribution in [0, 0.1) is 0 Å². The van der Waals surface area contributed by atoms with Gasteiger partial charge in [-0.1, -0.05) is 19.1 Å². The van der Waals surface area contributed by atoms with Crippen LogP contribution in [-0.4, -0.2) is 9.78 Å². The summed E-state index contributed by atoms with van der Waals surface area (Å²) in [7, 11) is 1.82. The van der Waals surface area contributed by atoms with Crippen molar-refractivity contribution in [3.63, 3.8) is 0 Å². The van der Waals surface area contributed by atoms with Crippen LogP contribution in [-0.2, 0) is 26.1 Å². The van der Waals surface area contributed by atoms with Gasteiger partial charge >= 0.3 is 6.18 Å². The minimum atomic E-state index is -4.31. The van der Waals surface area contributed by atoms with Crippen LogP contribution in [0.3, 0.4) is 0 Å². The molecule has 0 aliphatic carbocycles. The summed E-state index contributed by atoms with van der Waals surface area (Å²) in [5.41, 5.74) is 8.10. The predicted molar refractivity (Wildman–Crippen MR) is 74.7 cm³/mol. The van der Waals surface area contributed by atoms with Gasteiger partial charge in [0.25, 0.3) is 0 Å². The number of nitrogens with two attached hydrogens (primary N) is 1. The Balaban J connectivity index is 2.12. The summed E-state index contributed by atoms with van der Waals surface area (Å²) in [6.07, 6.45) is -3.01. The first-order chi connectivity index (χ1) is 9.81. The lowest BCUT2D eigenvalue weighted by Crippen LogP contribution is -2.17. The van der Waals surface area contributed by atoms with Crippen LogP contribution in [0.1, 0.15) is 35.5 Å². The van der Waals surface area contributed by atoms with Gasteiger partial charge in [0.05, 0.1) is 23.0 Å². The second-order valence-corrected chi connectivity index (χ2v) is 5.04. The molecule has 1 aromatic heterocycles. The third-order valence-corrected chi connectivity index (χ3v) is 3.45. The van der Waals surface area contributed by atoms with Crippen molar-refractivity contribution in [2.75, 3.05) is 0 Å². The molecule has 2 rings (SSSR count). The van der Waals surface area contributed by atoms with Gasteiger partial charge in [-0.05, 0) is 36.6 Å². The molecule has 21 heavy (non-hydrogen) atoms. The predicted octanol–water partition coefficient (Wildman–Crippen LogP) is 3.24. The molecular weight excluding hydrogens is 279 g/mol. The topological polar surface area (TPSA) is 43.8 Å². The Morgan fingerprint density at radius 2 is 1.86 bits per heavy atom. The van der Waals surface area contributed by atoms with E-state index in [4.69, 9.17) is 5.73 Å². The van der Waals surface area contributed by atoms with E-state index in [0.29, 0.717) is 6.42 Å². The van der Waals surface area contributed by atoms with Gasteiger partial charge < -0.3 is 5.73 Å². The molecule has 1 unspecified atom stereocenters. The Hall–Kier alpha value is -1.82. The molecule has 1 aromatic carbocycles. The fourth-order valence-electron chi connectivity index (χ4n) is 2.25. The fourth-order valence-corrected chi connectivity index (χ4v) is 2.25. The van der Waals surface area contributed by atoms with Crippen LogP contribution in [0.15, 0.2) is 30.3 Å². The van der Waals surface area contributed by atoms with Crippen LogP contribution < -0.4 is 5.73 Å². The highest BCUT2D eigenvalue weighted by Crippen LogP contribution is 2.29. The molecule has 0 aliphatic rings. The van der Waals surface area contributed by atoms with Crippen molar-refractivity contribution >= 4 is 0 Å². The lowest BCUT2D eigenvalue weighted by molar-refractivity contribution is -0.137. The van der Waals surface area contributed by atoms with Crippen molar-refractivity contribution in [2.24, 2.45) is 12.8 Å². The summed E-state index contributed by atoms with van der Waals surface area (Å²) in [4.78, 5) is 0. The molecule has 2 N–H and O–H groups in total. The number of hydrogen-bond donors (Lipinski definition) is 1. The Morgan fingerprint density at radius 1 is 1.24 bits per heavy atom. The average Bonchev–Trinajstić information content (AvgIpc) is 2.80. The second-order valence-electron chi connectivity index (χ2n) is 5.04. The first-order valence-electron chi connectivity index (χ1n) is 6.75. The Morgan fingerprint density at radius 3 is 2.33 bits per heavy atom. The zero-order valence-corrected chi connectivity index (χ0v) is 12.0. The molecule has 1 heterocycles. The molecule has 1 atom stereocenters. The summed E-state index contributed by atoms with van der Waals surface area (Å²) in [5.74, 6) is 0. The van der Waals surface area contributed by atoms with Crippen LogP contribution in [0.25, 0.3) is 0 Å². The highest BCUT2D eigenvalue weighted by Gasteiger charge is 2.30. The summed E-state index contributed by atoms with van der Waals surface area (Å²) in [5, 5.41) is 4.33. The van der Waals surface area contributed by atoms with Gasteiger partial charge in [-0.3, -0.25) is 4.68 Å². The third kappa shape index (κ3) is 3.64. The van der Waals surface area contributed by atoms with Gasteiger partial charge in [0.1, 0.15) is 0 Å². The monoisotopic (exact) mass is 297 g/mol. The second kappa shape index (κ2) is 5.89. The van der Waals surface area contributed by atoms with E-state index in [0.717, 1.165) is 35.5 Å². The Labute approximate surface area is 121 Å². The van der Waals surface area contributed by atoms with E-state index in [-0.39, 0.29) is 6.04 Å². The lowest BCUT2D eigenvalue weighted by Gasteiger charge is -2.13. The van der Waals surface area contributed by atoms with Gasteiger partial charge in [-0.2, -0.15) is 18.3 Å². The third-order valence-electron chi connectivity index (χ3n) is 3.45. The van der Waals surface area contributed by atoms with Gasteiger partial charge in [0.15, 0.2) is 0 Å². The number of nitrogens with zero attached hydrogens (tertiary/aromatic N) is 2. The number of alkyl halides is 3. The van der Waals surface area contributed by atoms with Crippen LogP contribution in [0.4, 0.5) is 13.2 Å². The maximum Gasteiger partial charge on any atom is 0.416 e. The maximum atomic E-state index is 12.5. The molecule has 0 saturated carbocycles. The number of aryl methyl sites for hydroxylation is 2. The molecule has 0 aliphatic heterocycles. The first kappa shape index (κ1) is 15.6. The lowest BCUT2D eigenvalue weighted by atomic mass is 10.0. The maximum absolute atomic E-state index is 12.5. The SMILES string of the molecule is CCc1cc(C(N)Cc2ccc(C(F)(F)F)cc2)n(C)n1. The van der Waals surface area contributed by atoms with Crippen LogP contribution >= 0.6 is 0 Å². The normalized spacial score (nSPS) is 13.4. The summed E-state index contributed by atoms with van der Waals surface area (Å²) >= 11 is 0. The van der Waals surface area contributed by atoms with E-state index < -0.39 is 11.7 Å². The Kier molecular flexibility index (Phi) is 4.37. The van der Waals surface area contributed by atoms with Crippen molar-refractivity contribution in [3.8, 4) is 0 Å². The quantitative estimate of drug-likeness (QED) is 0.941. The van der Waals surface area contributed by atoms with Crippen molar-refractivity contribution in [3.05, 3.63) is 52.8 Å². The van der Waals surface area contributed by atoms with E-state index in [9.17, 15) is 13.2 Å². The molecule has 0 saturated heterocycles. The zero-order valence-electron chi connectivity index (χ0n) is 12.0. The van der Waals surface area contributed by atoms with Gasteiger partial charge in [-0.25, -0.2) is 0 Å². The number of rotatable bonds is 4. The van der Waals surface area contributed by atoms with Gasteiger partial charge in [0.2, 0.25) is 0 Å². The number of hydrogen-bond acceptors (Lipinski definition) is 2. The highest BCUT2D eigenvalue weighted by atomic mass is 19.4. The van der Waals surface area contributed by atoms with E-state index in [1.165, 1.54) is 12.1 Å². The van der Waals surface area contributed by atoms with Crippen molar-refractivity contribution in [1.82, 2.24) is 9.78 Å². The fraction of sp³-hybridized carbons (Fsp3) is 0.400. The van der Waals surface area contributed by atoms with E-state index >= 15 is 0 Å². The highest BCUT2D eigenvalue weighted by molar-refractivity contribution is 5.26. The van der Waals surface area contributed by atoms with E-state index in [1.54, 1.807) is 4.68 Å². The molecule has 0 bridgehead atoms. The van der Waals surface area contributed by atoms with Gasteiger partial charge in [0, 0.05) is 7.05 Å². The van der Waals surface area contributed by atoms with E-state index in [2.05, 4.69) is 5.10 Å². The standard InChI is InChI=1S/C15H18F3N3/c1-3-12-9-14(21(2)20-12)13(19)8-10-4-6-11(7-5-10)15(16,17)18/h4-7,9,13H,3,8,19H2,1-2H3. The Bertz CT molecular complexity index is 600. The molecule has 2 aromatic rings. The van der Waals surface area contributed by atoms with Crippen molar-refractivity contribution in [1.29, 1.82) is 0 Å². The summed E-state index contributed by atoms with van der Waals surface area (Å²) < 4.78 is 39.2. The number of benzene rings is 1. The summed E-state index contributed by atoms with van der Waals surface area (Å²) in [6, 6.07) is 6.76. The molecule has 6 heteroatoms. The van der Waals surface area contributed by atoms with Crippen LogP contribution in [0.5, 0.6) is 0 Å². The zero-order chi connectivity index (χ0) is 15.6. The van der Waals surface area contributed by atoms with E-state index in [1.807, 2.05) is 20.0 Å².